The molecule has 0 aliphatic carbocycles. The molecule has 1 aromatic carbocycles. The number of hydrogen-bond acceptors (Lipinski definition) is 6. The standard InChI is InChI=1S/C14H22N2O5S/c1-19-12-3-4-13(20-2)14(11-12)22(17,18)15-5-6-16-7-9-21-10-8-16/h3-4,11,15H,5-10H2,1-2H3. The van der Waals surface area contributed by atoms with Crippen LogP contribution in [0.4, 0.5) is 0 Å². The first-order valence-corrected chi connectivity index (χ1v) is 8.57. The molecule has 124 valence electrons. The Labute approximate surface area is 131 Å². The molecule has 0 aromatic heterocycles. The van der Waals surface area contributed by atoms with E-state index in [9.17, 15) is 8.42 Å². The van der Waals surface area contributed by atoms with Gasteiger partial charge in [-0.05, 0) is 12.1 Å². The van der Waals surface area contributed by atoms with Crippen LogP contribution in [0.1, 0.15) is 0 Å². The largest absolute Gasteiger partial charge is 0.497 e. The van der Waals surface area contributed by atoms with E-state index in [1.54, 1.807) is 12.1 Å². The van der Waals surface area contributed by atoms with Crippen LogP contribution in [0, 0.1) is 0 Å². The van der Waals surface area contributed by atoms with E-state index >= 15 is 0 Å². The van der Waals surface area contributed by atoms with Gasteiger partial charge in [0.25, 0.3) is 0 Å². The van der Waals surface area contributed by atoms with Crippen molar-refractivity contribution in [2.45, 2.75) is 4.90 Å². The maximum Gasteiger partial charge on any atom is 0.244 e. The molecule has 0 amide bonds. The first kappa shape index (κ1) is 17.0. The Kier molecular flexibility index (Phi) is 6.01. The first-order valence-electron chi connectivity index (χ1n) is 7.08. The zero-order valence-electron chi connectivity index (χ0n) is 12.9. The maximum atomic E-state index is 12.4. The Morgan fingerprint density at radius 3 is 2.59 bits per heavy atom. The molecule has 0 bridgehead atoms. The lowest BCUT2D eigenvalue weighted by molar-refractivity contribution is 0.0390. The van der Waals surface area contributed by atoms with E-state index in [0.29, 0.717) is 37.8 Å². The van der Waals surface area contributed by atoms with Gasteiger partial charge in [0.05, 0.1) is 27.4 Å². The van der Waals surface area contributed by atoms with Crippen molar-refractivity contribution in [2.24, 2.45) is 0 Å². The third-order valence-corrected chi connectivity index (χ3v) is 4.97. The lowest BCUT2D eigenvalue weighted by Crippen LogP contribution is -2.41. The van der Waals surface area contributed by atoms with Crippen LogP contribution in [0.15, 0.2) is 23.1 Å². The Hall–Kier alpha value is -1.35. The maximum absolute atomic E-state index is 12.4. The van der Waals surface area contributed by atoms with Crippen LogP contribution in [-0.2, 0) is 14.8 Å². The lowest BCUT2D eigenvalue weighted by atomic mass is 10.3. The Morgan fingerprint density at radius 1 is 1.23 bits per heavy atom. The van der Waals surface area contributed by atoms with Crippen molar-refractivity contribution in [1.82, 2.24) is 9.62 Å². The molecule has 0 atom stereocenters. The molecule has 0 radical (unpaired) electrons. The minimum absolute atomic E-state index is 0.0799. The second kappa shape index (κ2) is 7.77. The van der Waals surface area contributed by atoms with E-state index < -0.39 is 10.0 Å². The van der Waals surface area contributed by atoms with Crippen molar-refractivity contribution in [3.63, 3.8) is 0 Å². The molecule has 0 saturated carbocycles. The molecule has 0 unspecified atom stereocenters. The van der Waals surface area contributed by atoms with E-state index in [0.717, 1.165) is 13.1 Å². The summed E-state index contributed by atoms with van der Waals surface area (Å²) in [5.74, 6) is 0.758. The highest BCUT2D eigenvalue weighted by atomic mass is 32.2. The van der Waals surface area contributed by atoms with E-state index in [1.807, 2.05) is 0 Å². The third-order valence-electron chi connectivity index (χ3n) is 3.48. The number of sulfonamides is 1. The monoisotopic (exact) mass is 330 g/mol. The molecule has 22 heavy (non-hydrogen) atoms. The van der Waals surface area contributed by atoms with Crippen molar-refractivity contribution in [2.75, 3.05) is 53.6 Å². The molecule has 1 heterocycles. The molecule has 1 aliphatic rings. The summed E-state index contributed by atoms with van der Waals surface area (Å²) in [6, 6.07) is 4.69. The Bertz CT molecular complexity index is 585. The minimum Gasteiger partial charge on any atom is -0.497 e. The van der Waals surface area contributed by atoms with Gasteiger partial charge in [0, 0.05) is 32.2 Å². The van der Waals surface area contributed by atoms with Crippen LogP contribution >= 0.6 is 0 Å². The molecule has 8 heteroatoms. The summed E-state index contributed by atoms with van der Waals surface area (Å²) in [7, 11) is -0.720. The van der Waals surface area contributed by atoms with Crippen LogP contribution < -0.4 is 14.2 Å². The van der Waals surface area contributed by atoms with Crippen LogP contribution in [-0.4, -0.2) is 66.9 Å². The molecule has 1 aromatic rings. The van der Waals surface area contributed by atoms with Crippen molar-refractivity contribution < 1.29 is 22.6 Å². The topological polar surface area (TPSA) is 77.1 Å². The molecule has 1 N–H and O–H groups in total. The van der Waals surface area contributed by atoms with Crippen molar-refractivity contribution >= 4 is 10.0 Å². The SMILES string of the molecule is COc1ccc(OC)c(S(=O)(=O)NCCN2CCOCC2)c1. The van der Waals surface area contributed by atoms with Crippen LogP contribution in [0.2, 0.25) is 0 Å². The van der Waals surface area contributed by atoms with Gasteiger partial charge in [-0.25, -0.2) is 13.1 Å². The number of benzene rings is 1. The highest BCUT2D eigenvalue weighted by Crippen LogP contribution is 2.27. The summed E-state index contributed by atoms with van der Waals surface area (Å²) in [5, 5.41) is 0. The minimum atomic E-state index is -3.65. The number of ether oxygens (including phenoxy) is 3. The highest BCUT2D eigenvalue weighted by Gasteiger charge is 2.20. The smallest absolute Gasteiger partial charge is 0.244 e. The first-order chi connectivity index (χ1) is 10.6. The lowest BCUT2D eigenvalue weighted by Gasteiger charge is -2.26. The average Bonchev–Trinajstić information content (AvgIpc) is 2.55. The van der Waals surface area contributed by atoms with Crippen LogP contribution in [0.5, 0.6) is 11.5 Å². The van der Waals surface area contributed by atoms with E-state index in [2.05, 4.69) is 9.62 Å². The number of morpholine rings is 1. The van der Waals surface area contributed by atoms with Gasteiger partial charge in [-0.2, -0.15) is 0 Å². The second-order valence-corrected chi connectivity index (χ2v) is 6.60. The molecular formula is C14H22N2O5S. The fraction of sp³-hybridized carbons (Fsp3) is 0.571. The number of hydrogen-bond donors (Lipinski definition) is 1. The summed E-state index contributed by atoms with van der Waals surface area (Å²) in [6.45, 7) is 4.01. The van der Waals surface area contributed by atoms with Gasteiger partial charge in [-0.3, -0.25) is 4.90 Å². The van der Waals surface area contributed by atoms with Gasteiger partial charge < -0.3 is 14.2 Å². The van der Waals surface area contributed by atoms with E-state index in [1.165, 1.54) is 20.3 Å². The van der Waals surface area contributed by atoms with Gasteiger partial charge in [-0.1, -0.05) is 0 Å². The van der Waals surface area contributed by atoms with Gasteiger partial charge >= 0.3 is 0 Å². The molecule has 1 saturated heterocycles. The third kappa shape index (κ3) is 4.33. The Morgan fingerprint density at radius 2 is 1.95 bits per heavy atom. The van der Waals surface area contributed by atoms with Crippen molar-refractivity contribution in [3.8, 4) is 11.5 Å². The van der Waals surface area contributed by atoms with Gasteiger partial charge in [0.1, 0.15) is 16.4 Å². The number of rotatable bonds is 7. The molecular weight excluding hydrogens is 308 g/mol. The summed E-state index contributed by atoms with van der Waals surface area (Å²) < 4.78 is 42.9. The second-order valence-electron chi connectivity index (χ2n) is 4.87. The van der Waals surface area contributed by atoms with E-state index in [4.69, 9.17) is 14.2 Å². The van der Waals surface area contributed by atoms with Gasteiger partial charge in [0.15, 0.2) is 0 Å². The average molecular weight is 330 g/mol. The molecule has 7 nitrogen and oxygen atoms in total. The van der Waals surface area contributed by atoms with Crippen LogP contribution in [0.25, 0.3) is 0 Å². The van der Waals surface area contributed by atoms with Crippen molar-refractivity contribution in [3.05, 3.63) is 18.2 Å². The molecule has 2 rings (SSSR count). The predicted molar refractivity (Wildman–Crippen MR) is 82.0 cm³/mol. The predicted octanol–water partition coefficient (Wildman–Crippen LogP) is 0.314. The number of methoxy groups -OCH3 is 2. The fourth-order valence-corrected chi connectivity index (χ4v) is 3.44. The fourth-order valence-electron chi connectivity index (χ4n) is 2.23. The number of nitrogens with one attached hydrogen (secondary N) is 1. The zero-order valence-corrected chi connectivity index (χ0v) is 13.7. The van der Waals surface area contributed by atoms with Gasteiger partial charge in [-0.15, -0.1) is 0 Å². The molecule has 1 fully saturated rings. The summed E-state index contributed by atoms with van der Waals surface area (Å²) in [4.78, 5) is 2.24. The quantitative estimate of drug-likeness (QED) is 0.776. The zero-order chi connectivity index (χ0) is 16.0. The normalized spacial score (nSPS) is 16.5. The Balaban J connectivity index is 2.02. The molecule has 1 aliphatic heterocycles. The number of nitrogens with zero attached hydrogens (tertiary/aromatic N) is 1. The summed E-state index contributed by atoms with van der Waals surface area (Å²) in [5.41, 5.74) is 0. The summed E-state index contributed by atoms with van der Waals surface area (Å²) in [6.07, 6.45) is 0. The highest BCUT2D eigenvalue weighted by molar-refractivity contribution is 7.89. The van der Waals surface area contributed by atoms with E-state index in [-0.39, 0.29) is 4.90 Å². The molecule has 0 spiro atoms. The van der Waals surface area contributed by atoms with Gasteiger partial charge in [0.2, 0.25) is 10.0 Å². The van der Waals surface area contributed by atoms with Crippen LogP contribution in [0.3, 0.4) is 0 Å². The summed E-state index contributed by atoms with van der Waals surface area (Å²) >= 11 is 0. The van der Waals surface area contributed by atoms with Crippen molar-refractivity contribution in [1.29, 1.82) is 0 Å².